The standard InChI is InChI=1S/C9H22N4O2S/c1-2-11-16(14,15)12-4-3-7-13-8-5-10-6-9-13/h10-12H,2-9H2,1H3. The first-order valence-electron chi connectivity index (χ1n) is 5.81. The summed E-state index contributed by atoms with van der Waals surface area (Å²) in [7, 11) is -3.27. The number of hydrogen-bond donors (Lipinski definition) is 3. The zero-order valence-corrected chi connectivity index (χ0v) is 10.6. The van der Waals surface area contributed by atoms with Gasteiger partial charge in [0.25, 0.3) is 10.2 Å². The summed E-state index contributed by atoms with van der Waals surface area (Å²) in [6, 6.07) is 0. The highest BCUT2D eigenvalue weighted by Crippen LogP contribution is 1.93. The Balaban J connectivity index is 2.06. The van der Waals surface area contributed by atoms with Crippen molar-refractivity contribution in [3.8, 4) is 0 Å². The van der Waals surface area contributed by atoms with Gasteiger partial charge in [0.05, 0.1) is 0 Å². The molecule has 0 radical (unpaired) electrons. The molecular formula is C9H22N4O2S. The van der Waals surface area contributed by atoms with Crippen LogP contribution < -0.4 is 14.8 Å². The number of piperazine rings is 1. The summed E-state index contributed by atoms with van der Waals surface area (Å²) in [6.07, 6.45) is 0.852. The van der Waals surface area contributed by atoms with Crippen LogP contribution in [0.25, 0.3) is 0 Å². The Hall–Kier alpha value is -0.210. The van der Waals surface area contributed by atoms with E-state index in [1.165, 1.54) is 0 Å². The molecule has 1 heterocycles. The van der Waals surface area contributed by atoms with E-state index in [2.05, 4.69) is 19.7 Å². The lowest BCUT2D eigenvalue weighted by Crippen LogP contribution is -2.44. The van der Waals surface area contributed by atoms with Gasteiger partial charge in [0, 0.05) is 39.3 Å². The summed E-state index contributed by atoms with van der Waals surface area (Å²) in [4.78, 5) is 2.35. The van der Waals surface area contributed by atoms with Crippen LogP contribution in [0.5, 0.6) is 0 Å². The molecule has 1 rings (SSSR count). The minimum atomic E-state index is -3.27. The van der Waals surface area contributed by atoms with Crippen molar-refractivity contribution in [2.24, 2.45) is 0 Å². The van der Waals surface area contributed by atoms with E-state index >= 15 is 0 Å². The molecule has 0 aliphatic carbocycles. The maximum atomic E-state index is 11.2. The van der Waals surface area contributed by atoms with E-state index in [9.17, 15) is 8.42 Å². The molecule has 0 bridgehead atoms. The Morgan fingerprint density at radius 3 is 2.56 bits per heavy atom. The lowest BCUT2D eigenvalue weighted by Gasteiger charge is -2.27. The summed E-state index contributed by atoms with van der Waals surface area (Å²) >= 11 is 0. The van der Waals surface area contributed by atoms with E-state index in [0.29, 0.717) is 13.1 Å². The highest BCUT2D eigenvalue weighted by atomic mass is 32.2. The van der Waals surface area contributed by atoms with E-state index in [1.54, 1.807) is 6.92 Å². The van der Waals surface area contributed by atoms with Gasteiger partial charge >= 0.3 is 0 Å². The van der Waals surface area contributed by atoms with Gasteiger partial charge in [-0.25, -0.2) is 9.44 Å². The Bertz CT molecular complexity index is 275. The van der Waals surface area contributed by atoms with E-state index in [-0.39, 0.29) is 0 Å². The third-order valence-corrected chi connectivity index (χ3v) is 3.74. The topological polar surface area (TPSA) is 73.5 Å². The van der Waals surface area contributed by atoms with Gasteiger partial charge in [-0.1, -0.05) is 6.92 Å². The van der Waals surface area contributed by atoms with Crippen LogP contribution >= 0.6 is 0 Å². The van der Waals surface area contributed by atoms with Crippen LogP contribution in [0.1, 0.15) is 13.3 Å². The first-order valence-corrected chi connectivity index (χ1v) is 7.29. The van der Waals surface area contributed by atoms with Crippen molar-refractivity contribution in [3.63, 3.8) is 0 Å². The summed E-state index contributed by atoms with van der Waals surface area (Å²) in [6.45, 7) is 7.81. The fourth-order valence-corrected chi connectivity index (χ4v) is 2.58. The molecule has 1 saturated heterocycles. The molecule has 0 saturated carbocycles. The summed E-state index contributed by atoms with van der Waals surface area (Å²) in [5.74, 6) is 0. The predicted octanol–water partition coefficient (Wildman–Crippen LogP) is -1.27. The summed E-state index contributed by atoms with van der Waals surface area (Å²) in [5.41, 5.74) is 0. The molecule has 0 atom stereocenters. The molecule has 3 N–H and O–H groups in total. The van der Waals surface area contributed by atoms with Gasteiger partial charge in [-0.2, -0.15) is 8.42 Å². The van der Waals surface area contributed by atoms with E-state index in [0.717, 1.165) is 39.1 Å². The maximum Gasteiger partial charge on any atom is 0.276 e. The van der Waals surface area contributed by atoms with Crippen LogP contribution in [0.4, 0.5) is 0 Å². The van der Waals surface area contributed by atoms with Crippen molar-refractivity contribution in [2.45, 2.75) is 13.3 Å². The zero-order chi connectivity index (χ0) is 11.9. The second-order valence-corrected chi connectivity index (χ2v) is 5.43. The lowest BCUT2D eigenvalue weighted by molar-refractivity contribution is 0.239. The van der Waals surface area contributed by atoms with Gasteiger partial charge in [-0.15, -0.1) is 0 Å². The molecular weight excluding hydrogens is 228 g/mol. The van der Waals surface area contributed by atoms with Crippen molar-refractivity contribution in [2.75, 3.05) is 45.8 Å². The van der Waals surface area contributed by atoms with Crippen molar-refractivity contribution in [3.05, 3.63) is 0 Å². The van der Waals surface area contributed by atoms with Crippen LogP contribution in [0.2, 0.25) is 0 Å². The molecule has 1 fully saturated rings. The average molecular weight is 250 g/mol. The second kappa shape index (κ2) is 7.18. The minimum Gasteiger partial charge on any atom is -0.314 e. The average Bonchev–Trinajstić information content (AvgIpc) is 2.26. The lowest BCUT2D eigenvalue weighted by atomic mass is 10.3. The molecule has 16 heavy (non-hydrogen) atoms. The summed E-state index contributed by atoms with van der Waals surface area (Å²) < 4.78 is 27.4. The largest absolute Gasteiger partial charge is 0.314 e. The van der Waals surface area contributed by atoms with Gasteiger partial charge in [-0.3, -0.25) is 0 Å². The van der Waals surface area contributed by atoms with Crippen LogP contribution in [-0.4, -0.2) is 59.1 Å². The zero-order valence-electron chi connectivity index (χ0n) is 9.83. The molecule has 0 amide bonds. The van der Waals surface area contributed by atoms with Gasteiger partial charge in [-0.05, 0) is 13.0 Å². The highest BCUT2D eigenvalue weighted by Gasteiger charge is 2.10. The van der Waals surface area contributed by atoms with Gasteiger partial charge in [0.15, 0.2) is 0 Å². The minimum absolute atomic E-state index is 0.424. The molecule has 0 spiro atoms. The van der Waals surface area contributed by atoms with Gasteiger partial charge in [0.2, 0.25) is 0 Å². The summed E-state index contributed by atoms with van der Waals surface area (Å²) in [5, 5.41) is 3.28. The molecule has 96 valence electrons. The number of hydrogen-bond acceptors (Lipinski definition) is 4. The van der Waals surface area contributed by atoms with Gasteiger partial charge < -0.3 is 10.2 Å². The van der Waals surface area contributed by atoms with E-state index < -0.39 is 10.2 Å². The maximum absolute atomic E-state index is 11.2. The van der Waals surface area contributed by atoms with Crippen LogP contribution in [0.3, 0.4) is 0 Å². The molecule has 0 unspecified atom stereocenters. The van der Waals surface area contributed by atoms with Crippen LogP contribution in [0.15, 0.2) is 0 Å². The fraction of sp³-hybridized carbons (Fsp3) is 1.00. The predicted molar refractivity (Wildman–Crippen MR) is 64.5 cm³/mol. The third-order valence-electron chi connectivity index (χ3n) is 2.49. The van der Waals surface area contributed by atoms with Crippen LogP contribution in [-0.2, 0) is 10.2 Å². The van der Waals surface area contributed by atoms with Crippen molar-refractivity contribution >= 4 is 10.2 Å². The molecule has 1 aliphatic heterocycles. The van der Waals surface area contributed by atoms with E-state index in [1.807, 2.05) is 0 Å². The van der Waals surface area contributed by atoms with Crippen molar-refractivity contribution in [1.29, 1.82) is 0 Å². The molecule has 0 aromatic heterocycles. The SMILES string of the molecule is CCNS(=O)(=O)NCCCN1CCNCC1. The quantitative estimate of drug-likeness (QED) is 0.492. The number of nitrogens with zero attached hydrogens (tertiary/aromatic N) is 1. The van der Waals surface area contributed by atoms with Crippen molar-refractivity contribution in [1.82, 2.24) is 19.7 Å². The molecule has 6 nitrogen and oxygen atoms in total. The smallest absolute Gasteiger partial charge is 0.276 e. The fourth-order valence-electron chi connectivity index (χ4n) is 1.68. The van der Waals surface area contributed by atoms with Crippen LogP contribution in [0, 0.1) is 0 Å². The second-order valence-electron chi connectivity index (χ2n) is 3.84. The Kier molecular flexibility index (Phi) is 6.22. The first-order chi connectivity index (χ1) is 7.64. The molecule has 7 heteroatoms. The highest BCUT2D eigenvalue weighted by molar-refractivity contribution is 7.87. The molecule has 1 aliphatic rings. The van der Waals surface area contributed by atoms with E-state index in [4.69, 9.17) is 0 Å². The Labute approximate surface area is 98.0 Å². The number of nitrogens with one attached hydrogen (secondary N) is 3. The third kappa shape index (κ3) is 5.76. The molecule has 0 aromatic rings. The monoisotopic (exact) mass is 250 g/mol. The number of rotatable bonds is 7. The Morgan fingerprint density at radius 1 is 1.25 bits per heavy atom. The Morgan fingerprint density at radius 2 is 1.94 bits per heavy atom. The molecule has 0 aromatic carbocycles. The van der Waals surface area contributed by atoms with Gasteiger partial charge in [0.1, 0.15) is 0 Å². The van der Waals surface area contributed by atoms with Crippen molar-refractivity contribution < 1.29 is 8.42 Å². The first kappa shape index (κ1) is 13.9. The normalized spacial score (nSPS) is 18.8.